The van der Waals surface area contributed by atoms with Gasteiger partial charge in [-0.2, -0.15) is 0 Å². The van der Waals surface area contributed by atoms with Gasteiger partial charge in [0.1, 0.15) is 5.60 Å². The van der Waals surface area contributed by atoms with Gasteiger partial charge in [-0.15, -0.1) is 0 Å². The molecule has 1 aliphatic heterocycles. The zero-order valence-electron chi connectivity index (χ0n) is 18.5. The first-order chi connectivity index (χ1) is 15.2. The quantitative estimate of drug-likeness (QED) is 0.515. The number of thioether (sulfide) groups is 1. The van der Waals surface area contributed by atoms with Crippen LogP contribution < -0.4 is 11.1 Å². The number of ether oxygens (including phenoxy) is 1. The second kappa shape index (κ2) is 10.0. The molecule has 0 aromatic heterocycles. The van der Waals surface area contributed by atoms with E-state index in [2.05, 4.69) is 30.4 Å². The van der Waals surface area contributed by atoms with Crippen LogP contribution in [0.5, 0.6) is 0 Å². The van der Waals surface area contributed by atoms with Crippen LogP contribution in [-0.2, 0) is 16.0 Å². The van der Waals surface area contributed by atoms with E-state index in [0.29, 0.717) is 4.91 Å². The predicted molar refractivity (Wildman–Crippen MR) is 128 cm³/mol. The summed E-state index contributed by atoms with van der Waals surface area (Å²) in [5, 5.41) is 1.91. The van der Waals surface area contributed by atoms with Crippen LogP contribution in [0.4, 0.5) is 9.59 Å². The van der Waals surface area contributed by atoms with Gasteiger partial charge < -0.3 is 10.5 Å². The Kier molecular flexibility index (Phi) is 7.40. The van der Waals surface area contributed by atoms with Gasteiger partial charge in [-0.1, -0.05) is 61.9 Å². The first-order valence-electron chi connectivity index (χ1n) is 10.6. The molecule has 7 heteroatoms. The van der Waals surface area contributed by atoms with Gasteiger partial charge in [-0.3, -0.25) is 14.9 Å². The molecular formula is C25H28N2O4S. The fourth-order valence-corrected chi connectivity index (χ4v) is 4.58. The molecule has 3 rings (SSSR count). The maximum absolute atomic E-state index is 11.7. The number of imide groups is 1. The highest BCUT2D eigenvalue weighted by molar-refractivity contribution is 8.18. The Bertz CT molecular complexity index is 1040. The van der Waals surface area contributed by atoms with Crippen molar-refractivity contribution in [3.05, 3.63) is 64.6 Å². The maximum atomic E-state index is 11.7. The monoisotopic (exact) mass is 452 g/mol. The molecule has 1 fully saturated rings. The highest BCUT2D eigenvalue weighted by atomic mass is 32.2. The van der Waals surface area contributed by atoms with Gasteiger partial charge in [0, 0.05) is 5.92 Å². The van der Waals surface area contributed by atoms with E-state index in [1.165, 1.54) is 0 Å². The van der Waals surface area contributed by atoms with Crippen molar-refractivity contribution >= 4 is 35.1 Å². The molecule has 32 heavy (non-hydrogen) atoms. The minimum Gasteiger partial charge on any atom is -0.443 e. The van der Waals surface area contributed by atoms with E-state index in [9.17, 15) is 14.4 Å². The molecule has 0 saturated carbocycles. The van der Waals surface area contributed by atoms with Crippen LogP contribution >= 0.6 is 11.8 Å². The van der Waals surface area contributed by atoms with Crippen LogP contribution in [0.15, 0.2) is 53.4 Å². The summed E-state index contributed by atoms with van der Waals surface area (Å²) in [7, 11) is 0. The molecule has 0 aliphatic carbocycles. The molecular weight excluding hydrogens is 424 g/mol. The van der Waals surface area contributed by atoms with Crippen molar-refractivity contribution < 1.29 is 19.1 Å². The second-order valence-corrected chi connectivity index (χ2v) is 9.40. The fourth-order valence-electron chi connectivity index (χ4n) is 3.89. The summed E-state index contributed by atoms with van der Waals surface area (Å²) in [5.41, 5.74) is 8.76. The molecule has 1 unspecified atom stereocenters. The predicted octanol–water partition coefficient (Wildman–Crippen LogP) is 5.51. The Labute approximate surface area is 192 Å². The molecule has 1 atom stereocenters. The smallest absolute Gasteiger partial charge is 0.405 e. The molecule has 1 saturated heterocycles. The van der Waals surface area contributed by atoms with Crippen molar-refractivity contribution in [3.8, 4) is 11.1 Å². The molecule has 6 nitrogen and oxygen atoms in total. The first kappa shape index (κ1) is 23.6. The number of hydrogen-bond acceptors (Lipinski definition) is 5. The van der Waals surface area contributed by atoms with Gasteiger partial charge in [0.25, 0.3) is 11.1 Å². The third-order valence-electron chi connectivity index (χ3n) is 5.58. The Balaban J connectivity index is 1.78. The van der Waals surface area contributed by atoms with E-state index in [0.717, 1.165) is 53.3 Å². The number of carbonyl (C=O) groups excluding carboxylic acids is 3. The van der Waals surface area contributed by atoms with Crippen molar-refractivity contribution in [2.75, 3.05) is 0 Å². The van der Waals surface area contributed by atoms with Crippen LogP contribution in [-0.4, -0.2) is 22.8 Å². The van der Waals surface area contributed by atoms with E-state index in [-0.39, 0.29) is 17.1 Å². The van der Waals surface area contributed by atoms with E-state index in [1.54, 1.807) is 6.08 Å². The molecule has 1 heterocycles. The molecule has 168 valence electrons. The zero-order chi connectivity index (χ0) is 23.3. The number of primary amides is 1. The lowest BCUT2D eigenvalue weighted by Crippen LogP contribution is -2.39. The van der Waals surface area contributed by atoms with Gasteiger partial charge in [0.2, 0.25) is 0 Å². The average Bonchev–Trinajstić information content (AvgIpc) is 3.04. The van der Waals surface area contributed by atoms with Gasteiger partial charge in [0.15, 0.2) is 0 Å². The molecule has 3 amide bonds. The van der Waals surface area contributed by atoms with Crippen molar-refractivity contribution in [2.45, 2.75) is 45.6 Å². The van der Waals surface area contributed by atoms with Crippen molar-refractivity contribution in [3.63, 3.8) is 0 Å². The summed E-state index contributed by atoms with van der Waals surface area (Å²) in [4.78, 5) is 34.8. The number of nitrogens with two attached hydrogens (primary N) is 1. The summed E-state index contributed by atoms with van der Waals surface area (Å²) >= 11 is 0.908. The SMILES string of the molecule is CCCC(Cc1cccc(-c2ccc(C=C3SC(=O)NC3=O)cc2)c1)C(C)(C)OC(N)=O. The third kappa shape index (κ3) is 6.01. The Morgan fingerprint density at radius 3 is 2.47 bits per heavy atom. The minimum absolute atomic E-state index is 0.141. The second-order valence-electron chi connectivity index (χ2n) is 8.39. The van der Waals surface area contributed by atoms with E-state index >= 15 is 0 Å². The molecule has 0 spiro atoms. The summed E-state index contributed by atoms with van der Waals surface area (Å²) < 4.78 is 5.40. The highest BCUT2D eigenvalue weighted by Gasteiger charge is 2.32. The summed E-state index contributed by atoms with van der Waals surface area (Å²) in [6.45, 7) is 5.93. The molecule has 2 aromatic carbocycles. The topological polar surface area (TPSA) is 98.5 Å². The van der Waals surface area contributed by atoms with Gasteiger partial charge in [-0.25, -0.2) is 4.79 Å². The lowest BCUT2D eigenvalue weighted by atomic mass is 9.82. The number of carbonyl (C=O) groups is 3. The van der Waals surface area contributed by atoms with Crippen LogP contribution in [0.3, 0.4) is 0 Å². The molecule has 1 aliphatic rings. The van der Waals surface area contributed by atoms with Gasteiger partial charge >= 0.3 is 6.09 Å². The summed E-state index contributed by atoms with van der Waals surface area (Å²) in [5.74, 6) is -0.219. The Hall–Kier alpha value is -3.06. The number of hydrogen-bond donors (Lipinski definition) is 2. The lowest BCUT2D eigenvalue weighted by Gasteiger charge is -2.33. The van der Waals surface area contributed by atoms with E-state index in [1.807, 2.05) is 44.2 Å². The largest absolute Gasteiger partial charge is 0.443 e. The van der Waals surface area contributed by atoms with Crippen molar-refractivity contribution in [1.82, 2.24) is 5.32 Å². The molecule has 0 radical (unpaired) electrons. The summed E-state index contributed by atoms with van der Waals surface area (Å²) in [6, 6.07) is 16.1. The minimum atomic E-state index is -0.752. The van der Waals surface area contributed by atoms with Gasteiger partial charge in [-0.05, 0) is 66.8 Å². The summed E-state index contributed by atoms with van der Waals surface area (Å²) in [6.07, 6.45) is 3.63. The number of benzene rings is 2. The van der Waals surface area contributed by atoms with Crippen LogP contribution in [0.1, 0.15) is 44.7 Å². The average molecular weight is 453 g/mol. The molecule has 0 bridgehead atoms. The number of nitrogens with one attached hydrogen (secondary N) is 1. The number of amides is 3. The third-order valence-corrected chi connectivity index (χ3v) is 6.39. The van der Waals surface area contributed by atoms with Crippen LogP contribution in [0.25, 0.3) is 17.2 Å². The van der Waals surface area contributed by atoms with Gasteiger partial charge in [0.05, 0.1) is 4.91 Å². The molecule has 2 aromatic rings. The molecule has 3 N–H and O–H groups in total. The first-order valence-corrected chi connectivity index (χ1v) is 11.4. The van der Waals surface area contributed by atoms with E-state index in [4.69, 9.17) is 10.5 Å². The lowest BCUT2D eigenvalue weighted by molar-refractivity contribution is -0.115. The zero-order valence-corrected chi connectivity index (χ0v) is 19.3. The standard InChI is InChI=1S/C25H28N2O4S/c1-4-6-20(25(2,3)31-23(26)29)14-17-7-5-8-19(13-17)18-11-9-16(10-12-18)15-21-22(28)27-24(30)32-21/h5,7-13,15,20H,4,6,14H2,1-3H3,(H2,26,29)(H,27,28,30). The number of rotatable bonds is 8. The van der Waals surface area contributed by atoms with Crippen LogP contribution in [0.2, 0.25) is 0 Å². The highest BCUT2D eigenvalue weighted by Crippen LogP contribution is 2.31. The van der Waals surface area contributed by atoms with Crippen molar-refractivity contribution in [2.24, 2.45) is 11.7 Å². The fraction of sp³-hybridized carbons (Fsp3) is 0.320. The Morgan fingerprint density at radius 1 is 1.16 bits per heavy atom. The van der Waals surface area contributed by atoms with Crippen molar-refractivity contribution in [1.29, 1.82) is 0 Å². The maximum Gasteiger partial charge on any atom is 0.405 e. The van der Waals surface area contributed by atoms with E-state index < -0.39 is 11.7 Å². The van der Waals surface area contributed by atoms with Crippen LogP contribution in [0, 0.1) is 5.92 Å². The Morgan fingerprint density at radius 2 is 1.88 bits per heavy atom. The normalized spacial score (nSPS) is 16.2.